The fourth-order valence-corrected chi connectivity index (χ4v) is 2.10. The lowest BCUT2D eigenvalue weighted by atomic mass is 10.1. The summed E-state index contributed by atoms with van der Waals surface area (Å²) in [6.07, 6.45) is 0. The number of amides is 1. The quantitative estimate of drug-likeness (QED) is 0.935. The number of hydrogen-bond acceptors (Lipinski definition) is 3. The lowest BCUT2D eigenvalue weighted by molar-refractivity contribution is 0.102. The van der Waals surface area contributed by atoms with Crippen LogP contribution < -0.4 is 10.1 Å². The first-order valence-corrected chi connectivity index (χ1v) is 6.59. The molecule has 0 spiro atoms. The van der Waals surface area contributed by atoms with E-state index in [9.17, 15) is 4.79 Å². The Morgan fingerprint density at radius 2 is 2.05 bits per heavy atom. The van der Waals surface area contributed by atoms with Crippen LogP contribution in [0.5, 0.6) is 5.75 Å². The molecule has 2 rings (SSSR count). The third kappa shape index (κ3) is 2.98. The molecular weight excluding hydrogens is 320 g/mol. The first-order valence-electron chi connectivity index (χ1n) is 5.79. The number of hydrogen-bond donors (Lipinski definition) is 1. The van der Waals surface area contributed by atoms with Crippen LogP contribution in [0.1, 0.15) is 15.9 Å². The van der Waals surface area contributed by atoms with Gasteiger partial charge in [-0.05, 0) is 30.3 Å². The van der Waals surface area contributed by atoms with Crippen LogP contribution in [0.3, 0.4) is 0 Å². The van der Waals surface area contributed by atoms with Crippen molar-refractivity contribution in [3.63, 3.8) is 0 Å². The molecule has 0 saturated heterocycles. The number of methoxy groups -OCH3 is 1. The molecule has 0 aliphatic rings. The average molecular weight is 331 g/mol. The van der Waals surface area contributed by atoms with E-state index in [1.807, 2.05) is 6.07 Å². The Morgan fingerprint density at radius 3 is 2.75 bits per heavy atom. The van der Waals surface area contributed by atoms with E-state index >= 15 is 0 Å². The van der Waals surface area contributed by atoms with Crippen LogP contribution in [-0.4, -0.2) is 13.0 Å². The molecule has 4 nitrogen and oxygen atoms in total. The van der Waals surface area contributed by atoms with Crippen LogP contribution in [0, 0.1) is 11.3 Å². The first kappa shape index (κ1) is 14.1. The van der Waals surface area contributed by atoms with Gasteiger partial charge in [-0.15, -0.1) is 0 Å². The van der Waals surface area contributed by atoms with Gasteiger partial charge < -0.3 is 10.1 Å². The average Bonchev–Trinajstić information content (AvgIpc) is 2.48. The Bertz CT molecular complexity index is 693. The third-order valence-electron chi connectivity index (χ3n) is 2.70. The second-order valence-electron chi connectivity index (χ2n) is 3.96. The second-order valence-corrected chi connectivity index (χ2v) is 4.87. The molecule has 0 aromatic heterocycles. The maximum Gasteiger partial charge on any atom is 0.259 e. The van der Waals surface area contributed by atoms with Gasteiger partial charge in [0, 0.05) is 4.47 Å². The molecule has 0 saturated carbocycles. The molecule has 0 aliphatic heterocycles. The zero-order valence-corrected chi connectivity index (χ0v) is 12.3. The zero-order valence-electron chi connectivity index (χ0n) is 10.7. The highest BCUT2D eigenvalue weighted by molar-refractivity contribution is 9.10. The number of halogens is 1. The van der Waals surface area contributed by atoms with Gasteiger partial charge in [-0.3, -0.25) is 4.79 Å². The predicted octanol–water partition coefficient (Wildman–Crippen LogP) is 3.58. The normalized spacial score (nSPS) is 9.65. The number of anilines is 1. The smallest absolute Gasteiger partial charge is 0.259 e. The highest BCUT2D eigenvalue weighted by Gasteiger charge is 2.13. The first-order chi connectivity index (χ1) is 9.65. The molecule has 100 valence electrons. The summed E-state index contributed by atoms with van der Waals surface area (Å²) in [5.74, 6) is 0.168. The fourth-order valence-electron chi connectivity index (χ4n) is 1.74. The lowest BCUT2D eigenvalue weighted by Crippen LogP contribution is -2.14. The summed E-state index contributed by atoms with van der Waals surface area (Å²) in [6.45, 7) is 0. The molecule has 20 heavy (non-hydrogen) atoms. The molecule has 1 amide bonds. The van der Waals surface area contributed by atoms with Crippen molar-refractivity contribution in [3.05, 3.63) is 58.1 Å². The van der Waals surface area contributed by atoms with E-state index in [0.29, 0.717) is 22.6 Å². The maximum absolute atomic E-state index is 12.2. The summed E-state index contributed by atoms with van der Waals surface area (Å²) in [4.78, 5) is 12.2. The van der Waals surface area contributed by atoms with Crippen LogP contribution in [-0.2, 0) is 0 Å². The minimum absolute atomic E-state index is 0.318. The number of carbonyl (C=O) groups is 1. The fraction of sp³-hybridized carbons (Fsp3) is 0.0667. The number of nitrogens with one attached hydrogen (secondary N) is 1. The standard InChI is InChI=1S/C15H11BrN2O2/c1-20-14-5-3-2-4-12(14)15(19)18-13-7-6-11(16)8-10(13)9-17/h2-8H,1H3,(H,18,19). The van der Waals surface area contributed by atoms with Crippen molar-refractivity contribution in [2.24, 2.45) is 0 Å². The Morgan fingerprint density at radius 1 is 1.30 bits per heavy atom. The molecule has 0 heterocycles. The molecule has 2 aromatic carbocycles. The second kappa shape index (κ2) is 6.22. The van der Waals surface area contributed by atoms with Gasteiger partial charge in [0.2, 0.25) is 0 Å². The summed E-state index contributed by atoms with van der Waals surface area (Å²) in [5.41, 5.74) is 1.27. The van der Waals surface area contributed by atoms with Crippen LogP contribution >= 0.6 is 15.9 Å². The molecular formula is C15H11BrN2O2. The largest absolute Gasteiger partial charge is 0.496 e. The minimum atomic E-state index is -0.318. The number of nitrogens with zero attached hydrogens (tertiary/aromatic N) is 1. The summed E-state index contributed by atoms with van der Waals surface area (Å²) in [7, 11) is 1.51. The molecule has 0 unspecified atom stereocenters. The number of rotatable bonds is 3. The number of ether oxygens (including phenoxy) is 1. The topological polar surface area (TPSA) is 62.1 Å². The monoisotopic (exact) mass is 330 g/mol. The van der Waals surface area contributed by atoms with Gasteiger partial charge in [-0.2, -0.15) is 5.26 Å². The molecule has 0 bridgehead atoms. The van der Waals surface area contributed by atoms with Gasteiger partial charge in [0.1, 0.15) is 11.8 Å². The van der Waals surface area contributed by atoms with Crippen LogP contribution in [0.2, 0.25) is 0 Å². The third-order valence-corrected chi connectivity index (χ3v) is 3.20. The molecule has 1 N–H and O–H groups in total. The van der Waals surface area contributed by atoms with Crippen molar-refractivity contribution in [1.82, 2.24) is 0 Å². The summed E-state index contributed by atoms with van der Waals surface area (Å²) >= 11 is 3.29. The van der Waals surface area contributed by atoms with E-state index in [4.69, 9.17) is 10.00 Å². The Hall–Kier alpha value is -2.32. The summed E-state index contributed by atoms with van der Waals surface area (Å²) < 4.78 is 5.93. The van der Waals surface area contributed by atoms with Crippen molar-refractivity contribution >= 4 is 27.5 Å². The SMILES string of the molecule is COc1ccccc1C(=O)Nc1ccc(Br)cc1C#N. The molecule has 0 radical (unpaired) electrons. The van der Waals surface area contributed by atoms with Gasteiger partial charge in [0.15, 0.2) is 0 Å². The van der Waals surface area contributed by atoms with Crippen molar-refractivity contribution in [2.45, 2.75) is 0 Å². The van der Waals surface area contributed by atoms with Crippen LogP contribution in [0.25, 0.3) is 0 Å². The molecule has 5 heteroatoms. The van der Waals surface area contributed by atoms with Gasteiger partial charge in [0.25, 0.3) is 5.91 Å². The highest BCUT2D eigenvalue weighted by atomic mass is 79.9. The van der Waals surface area contributed by atoms with Crippen LogP contribution in [0.15, 0.2) is 46.9 Å². The minimum Gasteiger partial charge on any atom is -0.496 e. The van der Waals surface area contributed by atoms with Crippen LogP contribution in [0.4, 0.5) is 5.69 Å². The number of para-hydroxylation sites is 1. The molecule has 0 atom stereocenters. The number of nitriles is 1. The maximum atomic E-state index is 12.2. The molecule has 2 aromatic rings. The van der Waals surface area contributed by atoms with Gasteiger partial charge in [0.05, 0.1) is 23.9 Å². The van der Waals surface area contributed by atoms with Gasteiger partial charge in [-0.1, -0.05) is 28.1 Å². The Kier molecular flexibility index (Phi) is 4.38. The molecule has 0 aliphatic carbocycles. The summed E-state index contributed by atoms with van der Waals surface area (Å²) in [5, 5.41) is 11.8. The van der Waals surface area contributed by atoms with Gasteiger partial charge >= 0.3 is 0 Å². The molecule has 0 fully saturated rings. The van der Waals surface area contributed by atoms with E-state index in [0.717, 1.165) is 4.47 Å². The Balaban J connectivity index is 2.31. The highest BCUT2D eigenvalue weighted by Crippen LogP contribution is 2.23. The van der Waals surface area contributed by atoms with Crippen molar-refractivity contribution < 1.29 is 9.53 Å². The van der Waals surface area contributed by atoms with E-state index in [1.165, 1.54) is 7.11 Å². The van der Waals surface area contributed by atoms with Crippen molar-refractivity contribution in [1.29, 1.82) is 5.26 Å². The Labute approximate surface area is 125 Å². The van der Waals surface area contributed by atoms with E-state index in [2.05, 4.69) is 21.2 Å². The van der Waals surface area contributed by atoms with Crippen molar-refractivity contribution in [3.8, 4) is 11.8 Å². The number of benzene rings is 2. The predicted molar refractivity (Wildman–Crippen MR) is 79.8 cm³/mol. The zero-order chi connectivity index (χ0) is 14.5. The van der Waals surface area contributed by atoms with E-state index < -0.39 is 0 Å². The number of carbonyl (C=O) groups excluding carboxylic acids is 1. The van der Waals surface area contributed by atoms with Crippen molar-refractivity contribution in [2.75, 3.05) is 12.4 Å². The summed E-state index contributed by atoms with van der Waals surface area (Å²) in [6, 6.07) is 14.1. The lowest BCUT2D eigenvalue weighted by Gasteiger charge is -2.10. The van der Waals surface area contributed by atoms with E-state index in [-0.39, 0.29) is 5.91 Å². The van der Waals surface area contributed by atoms with E-state index in [1.54, 1.807) is 42.5 Å². The van der Waals surface area contributed by atoms with Gasteiger partial charge in [-0.25, -0.2) is 0 Å².